The highest BCUT2D eigenvalue weighted by Gasteiger charge is 2.27. The van der Waals surface area contributed by atoms with E-state index in [0.29, 0.717) is 0 Å². The van der Waals surface area contributed by atoms with Gasteiger partial charge in [0.1, 0.15) is 6.61 Å². The zero-order valence-corrected chi connectivity index (χ0v) is 11.0. The molecule has 0 spiro atoms. The van der Waals surface area contributed by atoms with Gasteiger partial charge in [0.05, 0.1) is 16.7 Å². The number of fused-ring (bicyclic) bond motifs is 1. The number of amides is 2. The molecule has 0 radical (unpaired) electrons. The van der Waals surface area contributed by atoms with E-state index in [2.05, 4.69) is 5.32 Å². The summed E-state index contributed by atoms with van der Waals surface area (Å²) < 4.78 is 5.18. The molecule has 1 aliphatic heterocycles. The maximum absolute atomic E-state index is 12.0. The highest BCUT2D eigenvalue weighted by Crippen LogP contribution is 2.18. The van der Waals surface area contributed by atoms with Gasteiger partial charge in [-0.3, -0.25) is 14.9 Å². The molecule has 2 amide bonds. The van der Waals surface area contributed by atoms with E-state index in [0.717, 1.165) is 5.56 Å². The van der Waals surface area contributed by atoms with E-state index >= 15 is 0 Å². The molecule has 5 heteroatoms. The normalized spacial score (nSPS) is 12.8. The lowest BCUT2D eigenvalue weighted by Crippen LogP contribution is -2.19. The minimum absolute atomic E-state index is 0.155. The summed E-state index contributed by atoms with van der Waals surface area (Å²) in [7, 11) is 0. The summed E-state index contributed by atoms with van der Waals surface area (Å²) in [6.07, 6.45) is 0. The van der Waals surface area contributed by atoms with Gasteiger partial charge in [0.15, 0.2) is 0 Å². The second-order valence-corrected chi connectivity index (χ2v) is 4.61. The van der Waals surface area contributed by atoms with Gasteiger partial charge in [0.25, 0.3) is 11.8 Å². The van der Waals surface area contributed by atoms with E-state index in [1.54, 1.807) is 0 Å². The second kappa shape index (κ2) is 5.20. The maximum atomic E-state index is 12.0. The van der Waals surface area contributed by atoms with Crippen molar-refractivity contribution in [2.45, 2.75) is 6.61 Å². The number of rotatable bonds is 3. The molecule has 0 unspecified atom stereocenters. The van der Waals surface area contributed by atoms with E-state index < -0.39 is 17.8 Å². The molecule has 21 heavy (non-hydrogen) atoms. The maximum Gasteiger partial charge on any atom is 0.338 e. The van der Waals surface area contributed by atoms with Crippen LogP contribution in [0.2, 0.25) is 0 Å². The molecule has 104 valence electrons. The number of carbonyl (C=O) groups excluding carboxylic acids is 3. The number of hydrogen-bond donors (Lipinski definition) is 1. The Morgan fingerprint density at radius 1 is 0.952 bits per heavy atom. The summed E-state index contributed by atoms with van der Waals surface area (Å²) in [6.45, 7) is 0.155. The number of imide groups is 1. The Morgan fingerprint density at radius 3 is 2.43 bits per heavy atom. The number of hydrogen-bond acceptors (Lipinski definition) is 4. The average Bonchev–Trinajstić information content (AvgIpc) is 2.80. The van der Waals surface area contributed by atoms with Crippen LogP contribution in [-0.4, -0.2) is 17.8 Å². The van der Waals surface area contributed by atoms with Crippen molar-refractivity contribution in [1.29, 1.82) is 0 Å². The summed E-state index contributed by atoms with van der Waals surface area (Å²) >= 11 is 0. The molecule has 0 aromatic heterocycles. The van der Waals surface area contributed by atoms with Gasteiger partial charge >= 0.3 is 5.97 Å². The Balaban J connectivity index is 1.76. The molecule has 2 aromatic rings. The second-order valence-electron chi connectivity index (χ2n) is 4.61. The Kier molecular flexibility index (Phi) is 3.23. The molecule has 0 aliphatic carbocycles. The number of benzene rings is 2. The minimum atomic E-state index is -0.534. The van der Waals surface area contributed by atoms with Crippen molar-refractivity contribution in [3.8, 4) is 0 Å². The molecule has 0 saturated heterocycles. The summed E-state index contributed by atoms with van der Waals surface area (Å²) in [5.74, 6) is -1.47. The van der Waals surface area contributed by atoms with Crippen LogP contribution in [0.4, 0.5) is 0 Å². The van der Waals surface area contributed by atoms with Crippen LogP contribution < -0.4 is 5.32 Å². The van der Waals surface area contributed by atoms with Gasteiger partial charge in [-0.1, -0.05) is 30.3 Å². The Hall–Kier alpha value is -2.95. The van der Waals surface area contributed by atoms with Crippen LogP contribution in [0.1, 0.15) is 36.6 Å². The van der Waals surface area contributed by atoms with Crippen LogP contribution in [0.5, 0.6) is 0 Å². The molecule has 1 N–H and O–H groups in total. The molecule has 2 aromatic carbocycles. The number of nitrogens with one attached hydrogen (secondary N) is 1. The number of esters is 1. The molecule has 1 aliphatic rings. The third kappa shape index (κ3) is 2.53. The van der Waals surface area contributed by atoms with Crippen LogP contribution in [0.3, 0.4) is 0 Å². The smallest absolute Gasteiger partial charge is 0.338 e. The first-order valence-electron chi connectivity index (χ1n) is 6.36. The summed E-state index contributed by atoms with van der Waals surface area (Å²) in [5.41, 5.74) is 1.60. The van der Waals surface area contributed by atoms with E-state index in [1.807, 2.05) is 30.3 Å². The molecule has 3 rings (SSSR count). The zero-order chi connectivity index (χ0) is 14.8. The van der Waals surface area contributed by atoms with Crippen molar-refractivity contribution in [2.24, 2.45) is 0 Å². The Bertz CT molecular complexity index is 737. The van der Waals surface area contributed by atoms with Gasteiger partial charge < -0.3 is 4.74 Å². The van der Waals surface area contributed by atoms with Crippen molar-refractivity contribution < 1.29 is 19.1 Å². The molecular formula is C16H11NO4. The summed E-state index contributed by atoms with van der Waals surface area (Å²) in [5, 5.41) is 2.18. The fourth-order valence-electron chi connectivity index (χ4n) is 2.10. The highest BCUT2D eigenvalue weighted by atomic mass is 16.5. The van der Waals surface area contributed by atoms with Crippen molar-refractivity contribution in [1.82, 2.24) is 5.32 Å². The van der Waals surface area contributed by atoms with Gasteiger partial charge in [0, 0.05) is 0 Å². The molecular weight excluding hydrogens is 270 g/mol. The van der Waals surface area contributed by atoms with Gasteiger partial charge in [0.2, 0.25) is 0 Å². The molecule has 0 bridgehead atoms. The quantitative estimate of drug-likeness (QED) is 0.689. The molecule has 5 nitrogen and oxygen atoms in total. The van der Waals surface area contributed by atoms with Crippen molar-refractivity contribution in [2.75, 3.05) is 0 Å². The number of carbonyl (C=O) groups is 3. The molecule has 0 fully saturated rings. The average molecular weight is 281 g/mol. The van der Waals surface area contributed by atoms with Crippen LogP contribution in [0.15, 0.2) is 48.5 Å². The van der Waals surface area contributed by atoms with Gasteiger partial charge in [-0.25, -0.2) is 4.79 Å². The van der Waals surface area contributed by atoms with Crippen LogP contribution in [0, 0.1) is 0 Å². The summed E-state index contributed by atoms with van der Waals surface area (Å²) in [4.78, 5) is 34.9. The molecule has 0 saturated carbocycles. The van der Waals surface area contributed by atoms with E-state index in [-0.39, 0.29) is 23.3 Å². The van der Waals surface area contributed by atoms with Crippen molar-refractivity contribution >= 4 is 17.8 Å². The lowest BCUT2D eigenvalue weighted by Gasteiger charge is -2.05. The van der Waals surface area contributed by atoms with Crippen molar-refractivity contribution in [3.63, 3.8) is 0 Å². The summed E-state index contributed by atoms with van der Waals surface area (Å²) in [6, 6.07) is 13.6. The van der Waals surface area contributed by atoms with E-state index in [1.165, 1.54) is 18.2 Å². The standard InChI is InChI=1S/C16H11NO4/c18-14-12-7-6-11(8-13(12)15(19)17-14)16(20)21-9-10-4-2-1-3-5-10/h1-8H,9H2,(H,17,18,19). The first-order chi connectivity index (χ1) is 10.1. The zero-order valence-electron chi connectivity index (χ0n) is 11.0. The predicted molar refractivity (Wildman–Crippen MR) is 73.8 cm³/mol. The first-order valence-corrected chi connectivity index (χ1v) is 6.36. The Labute approximate surface area is 120 Å². The van der Waals surface area contributed by atoms with E-state index in [9.17, 15) is 14.4 Å². The van der Waals surface area contributed by atoms with Crippen molar-refractivity contribution in [3.05, 3.63) is 70.8 Å². The monoisotopic (exact) mass is 281 g/mol. The topological polar surface area (TPSA) is 72.5 Å². The van der Waals surface area contributed by atoms with Crippen LogP contribution >= 0.6 is 0 Å². The van der Waals surface area contributed by atoms with Gasteiger partial charge in [-0.2, -0.15) is 0 Å². The van der Waals surface area contributed by atoms with Crippen LogP contribution in [0.25, 0.3) is 0 Å². The SMILES string of the molecule is O=C(OCc1ccccc1)c1ccc2c(c1)C(=O)NC2=O. The lowest BCUT2D eigenvalue weighted by atomic mass is 10.1. The minimum Gasteiger partial charge on any atom is -0.457 e. The van der Waals surface area contributed by atoms with Crippen LogP contribution in [-0.2, 0) is 11.3 Å². The largest absolute Gasteiger partial charge is 0.457 e. The predicted octanol–water partition coefficient (Wildman–Crippen LogP) is 1.93. The van der Waals surface area contributed by atoms with E-state index in [4.69, 9.17) is 4.74 Å². The fourth-order valence-corrected chi connectivity index (χ4v) is 2.10. The molecule has 1 heterocycles. The number of ether oxygens (including phenoxy) is 1. The highest BCUT2D eigenvalue weighted by molar-refractivity contribution is 6.22. The lowest BCUT2D eigenvalue weighted by molar-refractivity contribution is 0.0472. The first kappa shape index (κ1) is 13.1. The Morgan fingerprint density at radius 2 is 1.67 bits per heavy atom. The third-order valence-corrected chi connectivity index (χ3v) is 3.18. The van der Waals surface area contributed by atoms with Gasteiger partial charge in [-0.05, 0) is 23.8 Å². The molecule has 0 atom stereocenters. The fraction of sp³-hybridized carbons (Fsp3) is 0.0625. The third-order valence-electron chi connectivity index (χ3n) is 3.18. The van der Waals surface area contributed by atoms with Gasteiger partial charge in [-0.15, -0.1) is 0 Å².